The predicted octanol–water partition coefficient (Wildman–Crippen LogP) is 0.494. The SMILES string of the molecule is O=C(O)N1C=CC1. The second-order valence-electron chi connectivity index (χ2n) is 1.32. The first kappa shape index (κ1) is 4.18. The molecule has 1 rings (SSSR count). The van der Waals surface area contributed by atoms with E-state index >= 15 is 0 Å². The molecule has 1 heterocycles. The third-order valence-corrected chi connectivity index (χ3v) is 0.833. The van der Waals surface area contributed by atoms with Gasteiger partial charge in [-0.25, -0.2) is 4.79 Å². The molecule has 0 spiro atoms. The lowest BCUT2D eigenvalue weighted by atomic mass is 10.4. The zero-order valence-corrected chi connectivity index (χ0v) is 3.66. The van der Waals surface area contributed by atoms with Crippen LogP contribution in [0.5, 0.6) is 0 Å². The van der Waals surface area contributed by atoms with Gasteiger partial charge in [-0.1, -0.05) is 0 Å². The maximum atomic E-state index is 9.86. The summed E-state index contributed by atoms with van der Waals surface area (Å²) in [6, 6.07) is 0. The highest BCUT2D eigenvalue weighted by molar-refractivity contribution is 5.67. The Morgan fingerprint density at radius 2 is 2.43 bits per heavy atom. The maximum Gasteiger partial charge on any atom is 0.411 e. The van der Waals surface area contributed by atoms with Gasteiger partial charge in [0.05, 0.1) is 0 Å². The van der Waals surface area contributed by atoms with E-state index in [1.165, 1.54) is 11.1 Å². The van der Waals surface area contributed by atoms with Gasteiger partial charge in [0.25, 0.3) is 0 Å². The topological polar surface area (TPSA) is 40.5 Å². The van der Waals surface area contributed by atoms with E-state index in [9.17, 15) is 4.79 Å². The number of amides is 1. The maximum absolute atomic E-state index is 9.86. The van der Waals surface area contributed by atoms with Crippen molar-refractivity contribution in [2.45, 2.75) is 0 Å². The second-order valence-corrected chi connectivity index (χ2v) is 1.32. The van der Waals surface area contributed by atoms with Crippen LogP contribution in [-0.2, 0) is 0 Å². The van der Waals surface area contributed by atoms with Gasteiger partial charge in [-0.2, -0.15) is 0 Å². The lowest BCUT2D eigenvalue weighted by Gasteiger charge is -2.17. The Morgan fingerprint density at radius 1 is 1.86 bits per heavy atom. The van der Waals surface area contributed by atoms with E-state index in [2.05, 4.69) is 0 Å². The summed E-state index contributed by atoms with van der Waals surface area (Å²) >= 11 is 0. The van der Waals surface area contributed by atoms with E-state index in [-0.39, 0.29) is 0 Å². The van der Waals surface area contributed by atoms with Crippen LogP contribution in [0.2, 0.25) is 0 Å². The van der Waals surface area contributed by atoms with Crippen LogP contribution < -0.4 is 0 Å². The van der Waals surface area contributed by atoms with Crippen LogP contribution in [0.15, 0.2) is 12.3 Å². The van der Waals surface area contributed by atoms with Crippen molar-refractivity contribution in [2.75, 3.05) is 6.54 Å². The van der Waals surface area contributed by atoms with Crippen molar-refractivity contribution in [3.63, 3.8) is 0 Å². The molecule has 1 aliphatic rings. The molecule has 1 aliphatic heterocycles. The van der Waals surface area contributed by atoms with Crippen molar-refractivity contribution in [1.29, 1.82) is 0 Å². The van der Waals surface area contributed by atoms with Gasteiger partial charge < -0.3 is 5.11 Å². The van der Waals surface area contributed by atoms with Crippen molar-refractivity contribution >= 4 is 6.09 Å². The summed E-state index contributed by atoms with van der Waals surface area (Å²) in [7, 11) is 0. The van der Waals surface area contributed by atoms with Crippen molar-refractivity contribution in [2.24, 2.45) is 0 Å². The first-order chi connectivity index (χ1) is 3.30. The van der Waals surface area contributed by atoms with Gasteiger partial charge in [-0.15, -0.1) is 0 Å². The van der Waals surface area contributed by atoms with E-state index in [1.807, 2.05) is 0 Å². The van der Waals surface area contributed by atoms with E-state index < -0.39 is 6.09 Å². The smallest absolute Gasteiger partial charge is 0.411 e. The summed E-state index contributed by atoms with van der Waals surface area (Å²) in [6.07, 6.45) is 2.44. The average molecular weight is 99.1 g/mol. The molecule has 0 aliphatic carbocycles. The van der Waals surface area contributed by atoms with Gasteiger partial charge in [-0.3, -0.25) is 4.90 Å². The zero-order valence-electron chi connectivity index (χ0n) is 3.66. The van der Waals surface area contributed by atoms with Crippen LogP contribution in [0.25, 0.3) is 0 Å². The molecule has 3 heteroatoms. The monoisotopic (exact) mass is 99.0 g/mol. The number of carbonyl (C=O) groups is 1. The lowest BCUT2D eigenvalue weighted by Crippen LogP contribution is -2.29. The molecule has 7 heavy (non-hydrogen) atoms. The molecule has 0 saturated heterocycles. The minimum absolute atomic E-state index is 0.551. The van der Waals surface area contributed by atoms with Crippen molar-refractivity contribution in [3.05, 3.63) is 12.3 Å². The molecule has 0 aromatic rings. The van der Waals surface area contributed by atoms with Crippen LogP contribution in [0.1, 0.15) is 0 Å². The molecule has 0 fully saturated rings. The first-order valence-corrected chi connectivity index (χ1v) is 1.97. The summed E-state index contributed by atoms with van der Waals surface area (Å²) in [5, 5.41) is 8.11. The fourth-order valence-corrected chi connectivity index (χ4v) is 0.353. The Morgan fingerprint density at radius 3 is 2.43 bits per heavy atom. The van der Waals surface area contributed by atoms with Gasteiger partial charge in [0.15, 0.2) is 0 Å². The fraction of sp³-hybridized carbons (Fsp3) is 0.250. The lowest BCUT2D eigenvalue weighted by molar-refractivity contribution is 0.162. The number of hydrogen-bond donors (Lipinski definition) is 1. The van der Waals surface area contributed by atoms with Crippen LogP contribution in [0.3, 0.4) is 0 Å². The Labute approximate surface area is 40.9 Å². The van der Waals surface area contributed by atoms with Crippen LogP contribution in [0.4, 0.5) is 4.79 Å². The Bertz CT molecular complexity index is 119. The molecule has 0 atom stereocenters. The molecule has 3 nitrogen and oxygen atoms in total. The molecule has 0 radical (unpaired) electrons. The van der Waals surface area contributed by atoms with Crippen molar-refractivity contribution in [1.82, 2.24) is 4.90 Å². The van der Waals surface area contributed by atoms with Gasteiger partial charge in [0.2, 0.25) is 0 Å². The molecule has 0 bridgehead atoms. The standard InChI is InChI=1S/C4H5NO2/c6-4(7)5-2-1-3-5/h1-2H,3H2,(H,6,7). The molecule has 0 unspecified atom stereocenters. The quantitative estimate of drug-likeness (QED) is 0.480. The first-order valence-electron chi connectivity index (χ1n) is 1.97. The molecule has 1 amide bonds. The second kappa shape index (κ2) is 1.26. The highest BCUT2D eigenvalue weighted by Gasteiger charge is 2.10. The molecule has 1 N–H and O–H groups in total. The minimum atomic E-state index is -0.873. The Balaban J connectivity index is 2.44. The summed E-state index contributed by atoms with van der Waals surface area (Å²) in [6.45, 7) is 0.551. The van der Waals surface area contributed by atoms with Gasteiger partial charge in [0.1, 0.15) is 0 Å². The minimum Gasteiger partial charge on any atom is -0.465 e. The van der Waals surface area contributed by atoms with Crippen LogP contribution in [0, 0.1) is 0 Å². The van der Waals surface area contributed by atoms with Crippen LogP contribution in [-0.4, -0.2) is 22.6 Å². The molecule has 38 valence electrons. The third kappa shape index (κ3) is 0.559. The fourth-order valence-electron chi connectivity index (χ4n) is 0.353. The Kier molecular flexibility index (Phi) is 0.749. The molecular formula is C4H5NO2. The molecule has 0 aromatic heterocycles. The number of hydrogen-bond acceptors (Lipinski definition) is 1. The van der Waals surface area contributed by atoms with E-state index in [0.717, 1.165) is 0 Å². The zero-order chi connectivity index (χ0) is 5.28. The third-order valence-electron chi connectivity index (χ3n) is 0.833. The van der Waals surface area contributed by atoms with Gasteiger partial charge in [-0.05, 0) is 6.08 Å². The average Bonchev–Trinajstić information content (AvgIpc) is 1.23. The number of nitrogens with zero attached hydrogens (tertiary/aromatic N) is 1. The largest absolute Gasteiger partial charge is 0.465 e. The molecular weight excluding hydrogens is 94.0 g/mol. The van der Waals surface area contributed by atoms with E-state index in [0.29, 0.717) is 6.54 Å². The van der Waals surface area contributed by atoms with Crippen LogP contribution >= 0.6 is 0 Å². The van der Waals surface area contributed by atoms with Crippen molar-refractivity contribution < 1.29 is 9.90 Å². The summed E-state index contributed by atoms with van der Waals surface area (Å²) in [5.41, 5.74) is 0. The van der Waals surface area contributed by atoms with Gasteiger partial charge >= 0.3 is 6.09 Å². The predicted molar refractivity (Wildman–Crippen MR) is 23.9 cm³/mol. The van der Waals surface area contributed by atoms with E-state index in [1.54, 1.807) is 6.08 Å². The highest BCUT2D eigenvalue weighted by Crippen LogP contribution is 1.99. The summed E-state index contributed by atoms with van der Waals surface area (Å²) < 4.78 is 0. The number of rotatable bonds is 0. The van der Waals surface area contributed by atoms with Crippen molar-refractivity contribution in [3.8, 4) is 0 Å². The summed E-state index contributed by atoms with van der Waals surface area (Å²) in [4.78, 5) is 11.1. The molecule has 0 aromatic carbocycles. The number of carboxylic acid groups (broad SMARTS) is 1. The normalized spacial score (nSPS) is 16.3. The molecule has 0 saturated carbocycles. The van der Waals surface area contributed by atoms with Gasteiger partial charge in [0, 0.05) is 12.7 Å². The summed E-state index contributed by atoms with van der Waals surface area (Å²) in [5.74, 6) is 0. The Hall–Kier alpha value is -0.990. The van der Waals surface area contributed by atoms with E-state index in [4.69, 9.17) is 5.11 Å². The highest BCUT2D eigenvalue weighted by atomic mass is 16.4.